The van der Waals surface area contributed by atoms with Crippen molar-refractivity contribution in [3.8, 4) is 0 Å². The Kier molecular flexibility index (Phi) is 4.45. The molecular formula is C13H13Cl2N3O. The lowest BCUT2D eigenvalue weighted by molar-refractivity contribution is -0.116. The first-order valence-electron chi connectivity index (χ1n) is 5.76. The van der Waals surface area contributed by atoms with Crippen molar-refractivity contribution in [1.29, 1.82) is 0 Å². The third-order valence-electron chi connectivity index (χ3n) is 2.55. The number of amides is 1. The monoisotopic (exact) mass is 297 g/mol. The number of aromatic nitrogens is 2. The van der Waals surface area contributed by atoms with E-state index in [9.17, 15) is 4.79 Å². The van der Waals surface area contributed by atoms with Crippen molar-refractivity contribution in [3.05, 3.63) is 46.2 Å². The molecule has 0 aliphatic rings. The van der Waals surface area contributed by atoms with E-state index in [0.717, 1.165) is 5.56 Å². The highest BCUT2D eigenvalue weighted by Crippen LogP contribution is 2.22. The van der Waals surface area contributed by atoms with Crippen molar-refractivity contribution in [2.45, 2.75) is 12.8 Å². The van der Waals surface area contributed by atoms with E-state index in [-0.39, 0.29) is 5.91 Å². The first kappa shape index (κ1) is 13.9. The van der Waals surface area contributed by atoms with Crippen LogP contribution in [-0.2, 0) is 18.3 Å². The minimum absolute atomic E-state index is 0.0813. The maximum absolute atomic E-state index is 11.8. The van der Waals surface area contributed by atoms with Crippen LogP contribution in [0.15, 0.2) is 30.6 Å². The highest BCUT2D eigenvalue weighted by atomic mass is 35.5. The number of hydrogen-bond acceptors (Lipinski definition) is 2. The normalized spacial score (nSPS) is 10.5. The average Bonchev–Trinajstić information content (AvgIpc) is 2.71. The Morgan fingerprint density at radius 3 is 2.58 bits per heavy atom. The predicted octanol–water partition coefficient (Wildman–Crippen LogP) is 3.30. The molecule has 0 aliphatic carbocycles. The first-order chi connectivity index (χ1) is 9.02. The molecule has 6 heteroatoms. The fourth-order valence-electron chi connectivity index (χ4n) is 1.71. The number of hydrogen-bond donors (Lipinski definition) is 1. The summed E-state index contributed by atoms with van der Waals surface area (Å²) in [5.41, 5.74) is 1.63. The van der Waals surface area contributed by atoms with Gasteiger partial charge in [0, 0.05) is 35.4 Å². The van der Waals surface area contributed by atoms with Crippen LogP contribution in [0.4, 0.5) is 5.69 Å². The molecule has 2 rings (SSSR count). The van der Waals surface area contributed by atoms with Crippen molar-refractivity contribution < 1.29 is 4.79 Å². The minimum Gasteiger partial charge on any atom is -0.326 e. The van der Waals surface area contributed by atoms with E-state index < -0.39 is 0 Å². The van der Waals surface area contributed by atoms with Crippen molar-refractivity contribution in [3.63, 3.8) is 0 Å². The van der Waals surface area contributed by atoms with Crippen LogP contribution >= 0.6 is 23.2 Å². The van der Waals surface area contributed by atoms with Gasteiger partial charge in [-0.25, -0.2) is 0 Å². The smallest absolute Gasteiger partial charge is 0.224 e. The molecule has 4 nitrogen and oxygen atoms in total. The van der Waals surface area contributed by atoms with Crippen molar-refractivity contribution in [2.24, 2.45) is 7.05 Å². The predicted molar refractivity (Wildman–Crippen MR) is 76.6 cm³/mol. The molecule has 0 atom stereocenters. The summed E-state index contributed by atoms with van der Waals surface area (Å²) in [7, 11) is 1.84. The number of nitrogens with one attached hydrogen (secondary N) is 1. The number of carbonyl (C=O) groups is 1. The van der Waals surface area contributed by atoms with E-state index in [0.29, 0.717) is 28.6 Å². The topological polar surface area (TPSA) is 46.9 Å². The molecule has 1 heterocycles. The second-order valence-electron chi connectivity index (χ2n) is 4.23. The van der Waals surface area contributed by atoms with Crippen LogP contribution in [-0.4, -0.2) is 15.7 Å². The molecule has 2 aromatic rings. The largest absolute Gasteiger partial charge is 0.326 e. The van der Waals surface area contributed by atoms with Crippen molar-refractivity contribution in [2.75, 3.05) is 5.32 Å². The van der Waals surface area contributed by atoms with Crippen molar-refractivity contribution >= 4 is 34.8 Å². The van der Waals surface area contributed by atoms with Gasteiger partial charge in [-0.2, -0.15) is 5.10 Å². The maximum Gasteiger partial charge on any atom is 0.224 e. The first-order valence-corrected chi connectivity index (χ1v) is 6.52. The van der Waals surface area contributed by atoms with E-state index in [1.54, 1.807) is 29.1 Å². The summed E-state index contributed by atoms with van der Waals surface area (Å²) < 4.78 is 1.71. The molecule has 0 aliphatic heterocycles. The van der Waals surface area contributed by atoms with E-state index in [1.807, 2.05) is 13.2 Å². The number of rotatable bonds is 4. The van der Waals surface area contributed by atoms with Crippen LogP contribution in [0.5, 0.6) is 0 Å². The number of nitrogens with zero attached hydrogens (tertiary/aromatic N) is 2. The van der Waals surface area contributed by atoms with Gasteiger partial charge in [0.25, 0.3) is 0 Å². The van der Waals surface area contributed by atoms with Crippen LogP contribution in [0, 0.1) is 0 Å². The number of carbonyl (C=O) groups excluding carboxylic acids is 1. The third kappa shape index (κ3) is 4.26. The molecule has 0 spiro atoms. The molecule has 0 fully saturated rings. The van der Waals surface area contributed by atoms with Gasteiger partial charge < -0.3 is 5.32 Å². The van der Waals surface area contributed by atoms with E-state index in [1.165, 1.54) is 0 Å². The minimum atomic E-state index is -0.0813. The SMILES string of the molecule is Cn1cc(CCC(=O)Nc2cc(Cl)cc(Cl)c2)cn1. The highest BCUT2D eigenvalue weighted by Gasteiger charge is 2.06. The molecule has 0 unspecified atom stereocenters. The Hall–Kier alpha value is -1.52. The van der Waals surface area contributed by atoms with E-state index in [4.69, 9.17) is 23.2 Å². The molecule has 0 radical (unpaired) electrons. The summed E-state index contributed by atoms with van der Waals surface area (Å²) in [6, 6.07) is 4.94. The zero-order chi connectivity index (χ0) is 13.8. The fourth-order valence-corrected chi connectivity index (χ4v) is 2.23. The molecule has 0 saturated heterocycles. The van der Waals surface area contributed by atoms with Gasteiger partial charge in [0.15, 0.2) is 0 Å². The zero-order valence-electron chi connectivity index (χ0n) is 10.4. The number of anilines is 1. The van der Waals surface area contributed by atoms with Crippen LogP contribution in [0.25, 0.3) is 0 Å². The molecule has 1 aromatic carbocycles. The van der Waals surface area contributed by atoms with E-state index >= 15 is 0 Å². The lowest BCUT2D eigenvalue weighted by Gasteiger charge is -2.05. The lowest BCUT2D eigenvalue weighted by Crippen LogP contribution is -2.12. The van der Waals surface area contributed by atoms with Gasteiger partial charge in [0.1, 0.15) is 0 Å². The third-order valence-corrected chi connectivity index (χ3v) is 2.98. The van der Waals surface area contributed by atoms with Gasteiger partial charge >= 0.3 is 0 Å². The van der Waals surface area contributed by atoms with Gasteiger partial charge in [-0.3, -0.25) is 9.48 Å². The van der Waals surface area contributed by atoms with Gasteiger partial charge in [-0.1, -0.05) is 23.2 Å². The summed E-state index contributed by atoms with van der Waals surface area (Å²) in [6.45, 7) is 0. The van der Waals surface area contributed by atoms with Crippen LogP contribution in [0.2, 0.25) is 10.0 Å². The molecular weight excluding hydrogens is 285 g/mol. The fraction of sp³-hybridized carbons (Fsp3) is 0.231. The van der Waals surface area contributed by atoms with Gasteiger partial charge in [0.05, 0.1) is 6.20 Å². The van der Waals surface area contributed by atoms with E-state index in [2.05, 4.69) is 10.4 Å². The second-order valence-corrected chi connectivity index (χ2v) is 5.10. The van der Waals surface area contributed by atoms with Crippen LogP contribution < -0.4 is 5.32 Å². The molecule has 1 N–H and O–H groups in total. The Morgan fingerprint density at radius 1 is 1.32 bits per heavy atom. The molecule has 100 valence electrons. The molecule has 1 aromatic heterocycles. The number of halogens is 2. The maximum atomic E-state index is 11.8. The Labute approximate surface area is 121 Å². The van der Waals surface area contributed by atoms with Gasteiger partial charge in [-0.05, 0) is 30.2 Å². The number of aryl methyl sites for hydroxylation is 2. The highest BCUT2D eigenvalue weighted by molar-refractivity contribution is 6.35. The zero-order valence-corrected chi connectivity index (χ0v) is 11.9. The number of benzene rings is 1. The standard InChI is InChI=1S/C13H13Cl2N3O/c1-18-8-9(7-16-18)2-3-13(19)17-12-5-10(14)4-11(15)6-12/h4-8H,2-3H2,1H3,(H,17,19). The van der Waals surface area contributed by atoms with Crippen molar-refractivity contribution in [1.82, 2.24) is 9.78 Å². The van der Waals surface area contributed by atoms with Gasteiger partial charge in [0.2, 0.25) is 5.91 Å². The van der Waals surface area contributed by atoms with Crippen LogP contribution in [0.1, 0.15) is 12.0 Å². The van der Waals surface area contributed by atoms with Crippen LogP contribution in [0.3, 0.4) is 0 Å². The Balaban J connectivity index is 1.90. The Morgan fingerprint density at radius 2 is 2.00 bits per heavy atom. The second kappa shape index (κ2) is 6.08. The molecule has 0 saturated carbocycles. The molecule has 0 bridgehead atoms. The Bertz CT molecular complexity index is 575. The molecule has 1 amide bonds. The average molecular weight is 298 g/mol. The quantitative estimate of drug-likeness (QED) is 0.941. The summed E-state index contributed by atoms with van der Waals surface area (Å²) >= 11 is 11.7. The van der Waals surface area contributed by atoms with Gasteiger partial charge in [-0.15, -0.1) is 0 Å². The summed E-state index contributed by atoms with van der Waals surface area (Å²) in [5, 5.41) is 7.81. The summed E-state index contributed by atoms with van der Waals surface area (Å²) in [5.74, 6) is -0.0813. The summed E-state index contributed by atoms with van der Waals surface area (Å²) in [4.78, 5) is 11.8. The summed E-state index contributed by atoms with van der Waals surface area (Å²) in [6.07, 6.45) is 4.68. The lowest BCUT2D eigenvalue weighted by atomic mass is 10.2. The molecule has 19 heavy (non-hydrogen) atoms.